The van der Waals surface area contributed by atoms with Gasteiger partial charge in [-0.15, -0.1) is 11.8 Å². The topological polar surface area (TPSA) is 33.2 Å². The molecule has 7 heteroatoms. The molecule has 1 aromatic heterocycles. The molecule has 0 radical (unpaired) electrons. The zero-order valence-electron chi connectivity index (χ0n) is 15.9. The molecule has 1 heterocycles. The fourth-order valence-electron chi connectivity index (χ4n) is 3.00. The highest BCUT2D eigenvalue weighted by Crippen LogP contribution is 2.32. The second-order valence-electron chi connectivity index (χ2n) is 6.61. The average molecular weight is 441 g/mol. The number of thiazole rings is 1. The average Bonchev–Trinajstić information content (AvgIpc) is 3.17. The normalized spacial score (nSPS) is 11.0. The summed E-state index contributed by atoms with van der Waals surface area (Å²) in [7, 11) is 0. The third kappa shape index (κ3) is 4.86. The molecule has 3 aromatic carbocycles. The van der Waals surface area contributed by atoms with Crippen LogP contribution in [0.4, 0.5) is 13.9 Å². The van der Waals surface area contributed by atoms with Gasteiger partial charge in [0.15, 0.2) is 10.9 Å². The van der Waals surface area contributed by atoms with Crippen LogP contribution in [-0.2, 0) is 11.3 Å². The van der Waals surface area contributed by atoms with Gasteiger partial charge in [-0.05, 0) is 23.8 Å². The zero-order chi connectivity index (χ0) is 20.9. The number of thioether (sulfide) groups is 1. The molecule has 0 unspecified atom stereocenters. The second kappa shape index (κ2) is 9.36. The lowest BCUT2D eigenvalue weighted by Gasteiger charge is -2.20. The second-order valence-corrected chi connectivity index (χ2v) is 8.79. The van der Waals surface area contributed by atoms with E-state index in [1.807, 2.05) is 60.7 Å². The van der Waals surface area contributed by atoms with Crippen LogP contribution >= 0.6 is 23.1 Å². The number of hydrogen-bond donors (Lipinski definition) is 0. The molecule has 0 bridgehead atoms. The van der Waals surface area contributed by atoms with E-state index < -0.39 is 11.6 Å². The molecule has 0 spiro atoms. The number of halogens is 2. The van der Waals surface area contributed by atoms with Crippen molar-refractivity contribution >= 4 is 44.4 Å². The Morgan fingerprint density at radius 1 is 1.00 bits per heavy atom. The molecule has 1 amide bonds. The zero-order valence-corrected chi connectivity index (χ0v) is 17.6. The van der Waals surface area contributed by atoms with Crippen molar-refractivity contribution in [2.75, 3.05) is 10.7 Å². The quantitative estimate of drug-likeness (QED) is 0.317. The predicted octanol–water partition coefficient (Wildman–Crippen LogP) is 6.29. The molecule has 4 rings (SSSR count). The summed E-state index contributed by atoms with van der Waals surface area (Å²) in [5.74, 6) is -0.876. The molecule has 152 valence electrons. The summed E-state index contributed by atoms with van der Waals surface area (Å²) >= 11 is 2.72. The molecule has 0 fully saturated rings. The van der Waals surface area contributed by atoms with Gasteiger partial charge in [0.1, 0.15) is 11.3 Å². The van der Waals surface area contributed by atoms with Gasteiger partial charge in [0, 0.05) is 23.1 Å². The number of rotatable bonds is 7. The number of anilines is 1. The van der Waals surface area contributed by atoms with Crippen molar-refractivity contribution in [1.82, 2.24) is 4.98 Å². The lowest BCUT2D eigenvalue weighted by Crippen LogP contribution is -2.30. The Morgan fingerprint density at radius 3 is 2.43 bits per heavy atom. The first-order valence-electron chi connectivity index (χ1n) is 9.38. The minimum atomic E-state index is -0.723. The van der Waals surface area contributed by atoms with Gasteiger partial charge < -0.3 is 0 Å². The SMILES string of the molecule is O=C(CCSc1ccccc1)N(Cc1ccccc1)c1nc2c(F)cc(F)cc2s1. The van der Waals surface area contributed by atoms with Gasteiger partial charge in [-0.25, -0.2) is 13.8 Å². The molecule has 30 heavy (non-hydrogen) atoms. The minimum absolute atomic E-state index is 0.0842. The highest BCUT2D eigenvalue weighted by Gasteiger charge is 2.21. The van der Waals surface area contributed by atoms with Crippen molar-refractivity contribution < 1.29 is 13.6 Å². The van der Waals surface area contributed by atoms with Gasteiger partial charge in [0.2, 0.25) is 5.91 Å². The molecule has 0 aliphatic heterocycles. The summed E-state index contributed by atoms with van der Waals surface area (Å²) in [6, 6.07) is 21.5. The summed E-state index contributed by atoms with van der Waals surface area (Å²) in [4.78, 5) is 20.0. The summed E-state index contributed by atoms with van der Waals surface area (Å²) in [6.45, 7) is 0.319. The number of nitrogens with zero attached hydrogens (tertiary/aromatic N) is 2. The van der Waals surface area contributed by atoms with Gasteiger partial charge in [-0.2, -0.15) is 0 Å². The Kier molecular flexibility index (Phi) is 6.40. The highest BCUT2D eigenvalue weighted by atomic mass is 32.2. The van der Waals surface area contributed by atoms with Crippen LogP contribution < -0.4 is 4.90 Å². The Labute approximate surface area is 181 Å². The number of benzene rings is 3. The largest absolute Gasteiger partial charge is 0.284 e. The molecule has 0 saturated carbocycles. The van der Waals surface area contributed by atoms with E-state index in [0.717, 1.165) is 27.9 Å². The van der Waals surface area contributed by atoms with Crippen LogP contribution in [0.15, 0.2) is 77.7 Å². The summed E-state index contributed by atoms with van der Waals surface area (Å²) in [5.41, 5.74) is 1.02. The van der Waals surface area contributed by atoms with Crippen LogP contribution in [0.3, 0.4) is 0 Å². The first-order valence-corrected chi connectivity index (χ1v) is 11.2. The first-order chi connectivity index (χ1) is 14.6. The summed E-state index contributed by atoms with van der Waals surface area (Å²) in [6.07, 6.45) is 0.305. The smallest absolute Gasteiger partial charge is 0.229 e. The van der Waals surface area contributed by atoms with Crippen molar-refractivity contribution in [3.8, 4) is 0 Å². The van der Waals surface area contributed by atoms with Crippen molar-refractivity contribution in [3.05, 3.63) is 90.0 Å². The third-order valence-corrected chi connectivity index (χ3v) is 6.48. The maximum Gasteiger partial charge on any atom is 0.229 e. The van der Waals surface area contributed by atoms with E-state index in [0.29, 0.717) is 28.5 Å². The molecule has 0 aliphatic carbocycles. The van der Waals surface area contributed by atoms with E-state index in [9.17, 15) is 13.6 Å². The molecular formula is C23H18F2N2OS2. The summed E-state index contributed by atoms with van der Waals surface area (Å²) < 4.78 is 28.1. The number of amides is 1. The van der Waals surface area contributed by atoms with Gasteiger partial charge in [-0.3, -0.25) is 9.69 Å². The Bertz CT molecular complexity index is 1150. The van der Waals surface area contributed by atoms with Crippen LogP contribution in [0.25, 0.3) is 10.2 Å². The van der Waals surface area contributed by atoms with Crippen molar-refractivity contribution in [2.45, 2.75) is 17.9 Å². The van der Waals surface area contributed by atoms with E-state index in [2.05, 4.69) is 4.98 Å². The molecule has 0 saturated heterocycles. The maximum atomic E-state index is 14.1. The van der Waals surface area contributed by atoms with Crippen molar-refractivity contribution in [2.24, 2.45) is 0 Å². The van der Waals surface area contributed by atoms with E-state index >= 15 is 0 Å². The molecule has 3 nitrogen and oxygen atoms in total. The molecule has 0 aliphatic rings. The number of fused-ring (bicyclic) bond motifs is 1. The molecule has 4 aromatic rings. The predicted molar refractivity (Wildman–Crippen MR) is 119 cm³/mol. The van der Waals surface area contributed by atoms with E-state index in [1.165, 1.54) is 6.07 Å². The van der Waals surface area contributed by atoms with Gasteiger partial charge in [-0.1, -0.05) is 59.9 Å². The first kappa shape index (κ1) is 20.5. The van der Waals surface area contributed by atoms with E-state index in [-0.39, 0.29) is 11.4 Å². The fraction of sp³-hybridized carbons (Fsp3) is 0.130. The summed E-state index contributed by atoms with van der Waals surface area (Å²) in [5, 5.41) is 0.369. The number of carbonyl (C=O) groups excluding carboxylic acids is 1. The number of aromatic nitrogens is 1. The molecular weight excluding hydrogens is 422 g/mol. The van der Waals surface area contributed by atoms with Crippen molar-refractivity contribution in [1.29, 1.82) is 0 Å². The standard InChI is InChI=1S/C23H18F2N2OS2/c24-17-13-19(25)22-20(14-17)30-23(26-22)27(15-16-7-3-1-4-8-16)21(28)11-12-29-18-9-5-2-6-10-18/h1-10,13-14H,11-12,15H2. The fourth-order valence-corrected chi connectivity index (χ4v) is 4.88. The van der Waals surface area contributed by atoms with Crippen LogP contribution in [0.1, 0.15) is 12.0 Å². The van der Waals surface area contributed by atoms with Gasteiger partial charge >= 0.3 is 0 Å². The van der Waals surface area contributed by atoms with Crippen LogP contribution in [0, 0.1) is 11.6 Å². The molecule has 0 atom stereocenters. The number of carbonyl (C=O) groups is 1. The number of hydrogen-bond acceptors (Lipinski definition) is 4. The lowest BCUT2D eigenvalue weighted by atomic mass is 10.2. The molecule has 0 N–H and O–H groups in total. The monoisotopic (exact) mass is 440 g/mol. The van der Waals surface area contributed by atoms with E-state index in [1.54, 1.807) is 16.7 Å². The van der Waals surface area contributed by atoms with Crippen molar-refractivity contribution in [3.63, 3.8) is 0 Å². The third-order valence-electron chi connectivity index (χ3n) is 4.45. The van der Waals surface area contributed by atoms with Gasteiger partial charge in [0.25, 0.3) is 0 Å². The highest BCUT2D eigenvalue weighted by molar-refractivity contribution is 7.99. The van der Waals surface area contributed by atoms with Crippen LogP contribution in [-0.4, -0.2) is 16.6 Å². The minimum Gasteiger partial charge on any atom is -0.284 e. The van der Waals surface area contributed by atoms with Crippen LogP contribution in [0.2, 0.25) is 0 Å². The van der Waals surface area contributed by atoms with Gasteiger partial charge in [0.05, 0.1) is 11.2 Å². The Balaban J connectivity index is 1.57. The van der Waals surface area contributed by atoms with Crippen LogP contribution in [0.5, 0.6) is 0 Å². The van der Waals surface area contributed by atoms with E-state index in [4.69, 9.17) is 0 Å². The Morgan fingerprint density at radius 2 is 1.70 bits per heavy atom. The lowest BCUT2D eigenvalue weighted by molar-refractivity contribution is -0.118. The Hall–Kier alpha value is -2.77. The maximum absolute atomic E-state index is 14.1.